The van der Waals surface area contributed by atoms with Crippen molar-refractivity contribution in [2.45, 2.75) is 45.1 Å². The Morgan fingerprint density at radius 3 is 2.76 bits per heavy atom. The van der Waals surface area contributed by atoms with Crippen LogP contribution in [-0.4, -0.2) is 18.3 Å². The third-order valence-corrected chi connectivity index (χ3v) is 3.07. The van der Waals surface area contributed by atoms with Gasteiger partial charge in [0.1, 0.15) is 5.75 Å². The lowest BCUT2D eigenvalue weighted by Crippen LogP contribution is -2.11. The molecule has 1 unspecified atom stereocenters. The third kappa shape index (κ3) is 4.97. The predicted octanol–water partition coefficient (Wildman–Crippen LogP) is 3.83. The summed E-state index contributed by atoms with van der Waals surface area (Å²) in [5, 5.41) is 10.6. The number of halogens is 1. The lowest BCUT2D eigenvalue weighted by Gasteiger charge is -2.13. The number of rotatable bonds is 7. The number of methoxy groups -OCH3 is 1. The van der Waals surface area contributed by atoms with Crippen molar-refractivity contribution in [2.75, 3.05) is 7.11 Å². The smallest absolute Gasteiger partial charge is 0.122 e. The largest absolute Gasteiger partial charge is 0.496 e. The zero-order valence-corrected chi connectivity index (χ0v) is 11.3. The molecule has 0 fully saturated rings. The Hall–Kier alpha value is -0.730. The summed E-state index contributed by atoms with van der Waals surface area (Å²) in [5.41, 5.74) is 0.976. The van der Waals surface area contributed by atoms with Crippen LogP contribution >= 0.6 is 11.6 Å². The molecule has 1 atom stereocenters. The van der Waals surface area contributed by atoms with E-state index < -0.39 is 0 Å². The molecule has 0 spiro atoms. The van der Waals surface area contributed by atoms with Crippen LogP contribution in [0.25, 0.3) is 0 Å². The van der Waals surface area contributed by atoms with E-state index in [1.54, 1.807) is 13.2 Å². The second kappa shape index (κ2) is 7.57. The molecule has 96 valence electrons. The Morgan fingerprint density at radius 1 is 1.35 bits per heavy atom. The fraction of sp³-hybridized carbons (Fsp3) is 0.571. The molecule has 3 heteroatoms. The molecule has 0 aliphatic carbocycles. The molecule has 1 N–H and O–H groups in total. The van der Waals surface area contributed by atoms with Crippen LogP contribution in [0.4, 0.5) is 0 Å². The monoisotopic (exact) mass is 256 g/mol. The molecule has 0 heterocycles. The fourth-order valence-corrected chi connectivity index (χ4v) is 2.09. The van der Waals surface area contributed by atoms with Crippen LogP contribution in [-0.2, 0) is 6.42 Å². The van der Waals surface area contributed by atoms with Gasteiger partial charge < -0.3 is 9.84 Å². The van der Waals surface area contributed by atoms with Gasteiger partial charge in [-0.3, -0.25) is 0 Å². The van der Waals surface area contributed by atoms with E-state index in [0.29, 0.717) is 11.4 Å². The molecule has 1 aromatic rings. The van der Waals surface area contributed by atoms with Crippen molar-refractivity contribution in [1.82, 2.24) is 0 Å². The Bertz CT molecular complexity index is 339. The van der Waals surface area contributed by atoms with Crippen LogP contribution in [0.1, 0.15) is 38.2 Å². The van der Waals surface area contributed by atoms with Gasteiger partial charge in [0.15, 0.2) is 0 Å². The highest BCUT2D eigenvalue weighted by Gasteiger charge is 2.10. The highest BCUT2D eigenvalue weighted by atomic mass is 35.5. The van der Waals surface area contributed by atoms with Gasteiger partial charge in [-0.05, 0) is 30.2 Å². The minimum absolute atomic E-state index is 0.311. The second-order valence-electron chi connectivity index (χ2n) is 4.31. The van der Waals surface area contributed by atoms with Crippen molar-refractivity contribution >= 4 is 11.6 Å². The minimum Gasteiger partial charge on any atom is -0.496 e. The summed E-state index contributed by atoms with van der Waals surface area (Å²) in [7, 11) is 1.64. The molecule has 1 aromatic carbocycles. The van der Waals surface area contributed by atoms with Crippen LogP contribution < -0.4 is 4.74 Å². The summed E-state index contributed by atoms with van der Waals surface area (Å²) < 4.78 is 5.26. The van der Waals surface area contributed by atoms with Gasteiger partial charge >= 0.3 is 0 Å². The lowest BCUT2D eigenvalue weighted by atomic mass is 10.0. The van der Waals surface area contributed by atoms with Crippen molar-refractivity contribution in [1.29, 1.82) is 0 Å². The van der Waals surface area contributed by atoms with Crippen molar-refractivity contribution in [2.24, 2.45) is 0 Å². The molecule has 0 saturated carbocycles. The number of aliphatic hydroxyl groups excluding tert-OH is 1. The van der Waals surface area contributed by atoms with Crippen molar-refractivity contribution in [3.63, 3.8) is 0 Å². The quantitative estimate of drug-likeness (QED) is 0.752. The molecule has 1 rings (SSSR count). The minimum atomic E-state index is -0.311. The first-order valence-electron chi connectivity index (χ1n) is 6.17. The molecule has 0 radical (unpaired) electrons. The van der Waals surface area contributed by atoms with Crippen LogP contribution in [0.5, 0.6) is 5.75 Å². The number of ether oxygens (including phenoxy) is 1. The highest BCUT2D eigenvalue weighted by molar-refractivity contribution is 6.30. The first kappa shape index (κ1) is 14.3. The SMILES string of the molecule is CCCCCC(O)Cc1cc(Cl)ccc1OC. The molecule has 0 amide bonds. The van der Waals surface area contributed by atoms with E-state index in [9.17, 15) is 5.11 Å². The fourth-order valence-electron chi connectivity index (χ4n) is 1.89. The zero-order chi connectivity index (χ0) is 12.7. The molecule has 0 saturated heterocycles. The summed E-state index contributed by atoms with van der Waals surface area (Å²) in [6.45, 7) is 2.16. The number of unbranched alkanes of at least 4 members (excludes halogenated alkanes) is 2. The molecule has 0 aliphatic rings. The van der Waals surface area contributed by atoms with Gasteiger partial charge in [0.25, 0.3) is 0 Å². The molecular formula is C14H21ClO2. The van der Waals surface area contributed by atoms with Crippen molar-refractivity contribution in [3.05, 3.63) is 28.8 Å². The topological polar surface area (TPSA) is 29.5 Å². The number of hydrogen-bond donors (Lipinski definition) is 1. The Labute approximate surface area is 109 Å². The van der Waals surface area contributed by atoms with Crippen molar-refractivity contribution < 1.29 is 9.84 Å². The standard InChI is InChI=1S/C14H21ClO2/c1-3-4-5-6-13(16)10-11-9-12(15)7-8-14(11)17-2/h7-9,13,16H,3-6,10H2,1-2H3. The van der Waals surface area contributed by atoms with E-state index in [2.05, 4.69) is 6.92 Å². The zero-order valence-electron chi connectivity index (χ0n) is 10.6. The summed E-state index contributed by atoms with van der Waals surface area (Å²) in [5.74, 6) is 0.795. The number of aliphatic hydroxyl groups is 1. The van der Waals surface area contributed by atoms with E-state index in [1.165, 1.54) is 12.8 Å². The normalized spacial score (nSPS) is 12.5. The van der Waals surface area contributed by atoms with E-state index >= 15 is 0 Å². The molecule has 17 heavy (non-hydrogen) atoms. The van der Waals surface area contributed by atoms with Crippen LogP contribution in [0, 0.1) is 0 Å². The van der Waals surface area contributed by atoms with Crippen LogP contribution in [0.15, 0.2) is 18.2 Å². The molecule has 2 nitrogen and oxygen atoms in total. The van der Waals surface area contributed by atoms with Crippen molar-refractivity contribution in [3.8, 4) is 5.75 Å². The maximum absolute atomic E-state index is 9.94. The van der Waals surface area contributed by atoms with Gasteiger partial charge in [0.2, 0.25) is 0 Å². The van der Waals surface area contributed by atoms with E-state index in [4.69, 9.17) is 16.3 Å². The first-order valence-corrected chi connectivity index (χ1v) is 6.55. The van der Waals surface area contributed by atoms with Gasteiger partial charge in [-0.15, -0.1) is 0 Å². The first-order chi connectivity index (χ1) is 8.17. The summed E-state index contributed by atoms with van der Waals surface area (Å²) in [6.07, 6.45) is 4.54. The maximum Gasteiger partial charge on any atom is 0.122 e. The highest BCUT2D eigenvalue weighted by Crippen LogP contribution is 2.24. The Balaban J connectivity index is 2.57. The summed E-state index contributed by atoms with van der Waals surface area (Å²) in [6, 6.07) is 5.51. The van der Waals surface area contributed by atoms with E-state index in [0.717, 1.165) is 24.2 Å². The van der Waals surface area contributed by atoms with E-state index in [-0.39, 0.29) is 6.10 Å². The van der Waals surface area contributed by atoms with Gasteiger partial charge in [-0.1, -0.05) is 37.8 Å². The second-order valence-corrected chi connectivity index (χ2v) is 4.75. The predicted molar refractivity (Wildman–Crippen MR) is 71.9 cm³/mol. The third-order valence-electron chi connectivity index (χ3n) is 2.84. The Kier molecular flexibility index (Phi) is 6.38. The summed E-state index contributed by atoms with van der Waals surface area (Å²) in [4.78, 5) is 0. The lowest BCUT2D eigenvalue weighted by molar-refractivity contribution is 0.160. The van der Waals surface area contributed by atoms with Gasteiger partial charge in [-0.25, -0.2) is 0 Å². The van der Waals surface area contributed by atoms with Gasteiger partial charge in [0.05, 0.1) is 13.2 Å². The van der Waals surface area contributed by atoms with Gasteiger partial charge in [-0.2, -0.15) is 0 Å². The van der Waals surface area contributed by atoms with Crippen LogP contribution in [0.2, 0.25) is 5.02 Å². The van der Waals surface area contributed by atoms with E-state index in [1.807, 2.05) is 12.1 Å². The van der Waals surface area contributed by atoms with Crippen LogP contribution in [0.3, 0.4) is 0 Å². The number of hydrogen-bond acceptors (Lipinski definition) is 2. The summed E-state index contributed by atoms with van der Waals surface area (Å²) >= 11 is 5.95. The molecule has 0 aromatic heterocycles. The molecule has 0 aliphatic heterocycles. The Morgan fingerprint density at radius 2 is 2.12 bits per heavy atom. The van der Waals surface area contributed by atoms with Gasteiger partial charge in [0, 0.05) is 11.4 Å². The molecule has 0 bridgehead atoms. The average Bonchev–Trinajstić information content (AvgIpc) is 2.29. The molecular weight excluding hydrogens is 236 g/mol. The maximum atomic E-state index is 9.94. The average molecular weight is 257 g/mol. The number of benzene rings is 1.